The molecule has 0 radical (unpaired) electrons. The number of para-hydroxylation sites is 1. The van der Waals surface area contributed by atoms with Crippen LogP contribution in [0.5, 0.6) is 0 Å². The smallest absolute Gasteiger partial charge is 0.305 e. The second-order valence-electron chi connectivity index (χ2n) is 9.63. The number of fused-ring (bicyclic) bond motifs is 1. The number of amides is 2. The number of anilines is 1. The minimum absolute atomic E-state index is 0.0115. The van der Waals surface area contributed by atoms with E-state index in [1.165, 1.54) is 18.1 Å². The summed E-state index contributed by atoms with van der Waals surface area (Å²) < 4.78 is 2.69. The molecule has 3 rings (SSSR count). The Morgan fingerprint density at radius 2 is 1.71 bits per heavy atom. The van der Waals surface area contributed by atoms with Crippen molar-refractivity contribution in [2.75, 3.05) is 12.0 Å². The number of pyridine rings is 1. The monoisotopic (exact) mass is 634 g/mol. The van der Waals surface area contributed by atoms with Crippen LogP contribution in [0.2, 0.25) is 0 Å². The molecule has 0 bridgehead atoms. The molecule has 12 heteroatoms. The fourth-order valence-electron chi connectivity index (χ4n) is 3.82. The maximum atomic E-state index is 14.1. The van der Waals surface area contributed by atoms with E-state index in [1.807, 2.05) is 42.5 Å². The van der Waals surface area contributed by atoms with E-state index < -0.39 is 33.2 Å². The van der Waals surface area contributed by atoms with Gasteiger partial charge in [0.1, 0.15) is 6.17 Å². The molecule has 1 unspecified atom stereocenters. The lowest BCUT2D eigenvalue weighted by molar-refractivity contribution is -0.141. The highest BCUT2D eigenvalue weighted by Gasteiger charge is 2.40. The number of benzene rings is 2. The number of alkyl halides is 3. The number of esters is 1. The highest BCUT2D eigenvalue weighted by molar-refractivity contribution is 7.80. The summed E-state index contributed by atoms with van der Waals surface area (Å²) in [5.74, 6) is -1.47. The normalized spacial score (nSPS) is 12.5. The number of rotatable bonds is 9. The summed E-state index contributed by atoms with van der Waals surface area (Å²) in [6.45, 7) is 3.38. The van der Waals surface area contributed by atoms with Crippen molar-refractivity contribution in [2.24, 2.45) is 5.41 Å². The molecular formula is C29H29Cl3N4O4S. The number of ether oxygens (including phenoxy) is 1. The molecule has 1 heterocycles. The number of carbonyl (C=O) groups excluding carboxylic acids is 3. The van der Waals surface area contributed by atoms with Crippen molar-refractivity contribution in [2.45, 2.75) is 36.6 Å². The number of nitrogens with zero attached hydrogens (tertiary/aromatic N) is 2. The Bertz CT molecular complexity index is 1440. The Morgan fingerprint density at radius 1 is 1.02 bits per heavy atom. The number of nitrogens with one attached hydrogen (secondary N) is 2. The van der Waals surface area contributed by atoms with Crippen molar-refractivity contribution in [3.8, 4) is 0 Å². The molecule has 0 aliphatic carbocycles. The van der Waals surface area contributed by atoms with Crippen LogP contribution in [0.4, 0.5) is 5.69 Å². The summed E-state index contributed by atoms with van der Waals surface area (Å²) >= 11 is 24.4. The third-order valence-corrected chi connectivity index (χ3v) is 7.08. The Balaban J connectivity index is 1.96. The molecule has 8 nitrogen and oxygen atoms in total. The van der Waals surface area contributed by atoms with Gasteiger partial charge in [-0.15, -0.1) is 0 Å². The summed E-state index contributed by atoms with van der Waals surface area (Å²) in [5.41, 5.74) is 0.589. The van der Waals surface area contributed by atoms with Gasteiger partial charge in [0.2, 0.25) is 15.6 Å². The average molecular weight is 636 g/mol. The standard InChI is InChI=1S/C29H29Cl3N4O4S/c1-28(2,17-16-23(38)40-3)26(39)36(21-13-7-11-20-12-8-18-33-24(20)21)27(41)35-25(29(30,31)32)34-22(37)15-14-19-9-5-4-6-10-19/h4-15,18,25H,16-17H2,1-3H3,(H,34,37)(H,35,41)/b15-14+. The zero-order valence-electron chi connectivity index (χ0n) is 22.6. The fraction of sp³-hybridized carbons (Fsp3) is 0.276. The summed E-state index contributed by atoms with van der Waals surface area (Å²) in [4.78, 5) is 44.4. The molecule has 0 spiro atoms. The first-order valence-electron chi connectivity index (χ1n) is 12.5. The van der Waals surface area contributed by atoms with Crippen LogP contribution in [0.3, 0.4) is 0 Å². The molecule has 2 N–H and O–H groups in total. The van der Waals surface area contributed by atoms with E-state index >= 15 is 0 Å². The fourth-order valence-corrected chi connectivity index (χ4v) is 4.45. The van der Waals surface area contributed by atoms with Crippen LogP contribution in [0.15, 0.2) is 72.9 Å². The van der Waals surface area contributed by atoms with Gasteiger partial charge >= 0.3 is 5.97 Å². The van der Waals surface area contributed by atoms with E-state index in [2.05, 4.69) is 15.6 Å². The summed E-state index contributed by atoms with van der Waals surface area (Å²) in [7, 11) is 1.28. The minimum Gasteiger partial charge on any atom is -0.469 e. The van der Waals surface area contributed by atoms with Crippen molar-refractivity contribution in [1.29, 1.82) is 0 Å². The van der Waals surface area contributed by atoms with E-state index in [0.717, 1.165) is 10.9 Å². The molecule has 0 aliphatic heterocycles. The molecular weight excluding hydrogens is 607 g/mol. The van der Waals surface area contributed by atoms with E-state index in [-0.39, 0.29) is 18.0 Å². The number of thiocarbonyl (C=S) groups is 1. The topological polar surface area (TPSA) is 101 Å². The summed E-state index contributed by atoms with van der Waals surface area (Å²) in [6, 6.07) is 18.1. The van der Waals surface area contributed by atoms with Crippen LogP contribution in [0.1, 0.15) is 32.3 Å². The average Bonchev–Trinajstić information content (AvgIpc) is 2.94. The first-order chi connectivity index (χ1) is 19.3. The van der Waals surface area contributed by atoms with Crippen LogP contribution in [0.25, 0.3) is 17.0 Å². The highest BCUT2D eigenvalue weighted by Crippen LogP contribution is 2.33. The van der Waals surface area contributed by atoms with Crippen LogP contribution >= 0.6 is 47.0 Å². The molecule has 216 valence electrons. The zero-order valence-corrected chi connectivity index (χ0v) is 25.7. The quantitative estimate of drug-likeness (QED) is 0.0986. The van der Waals surface area contributed by atoms with Gasteiger partial charge in [-0.3, -0.25) is 24.3 Å². The van der Waals surface area contributed by atoms with Gasteiger partial charge in [-0.05, 0) is 42.4 Å². The molecule has 1 atom stereocenters. The largest absolute Gasteiger partial charge is 0.469 e. The highest BCUT2D eigenvalue weighted by atomic mass is 35.6. The Labute approximate surface area is 259 Å². The molecule has 1 aromatic heterocycles. The minimum atomic E-state index is -2.06. The number of carbonyl (C=O) groups is 3. The molecule has 0 saturated carbocycles. The maximum Gasteiger partial charge on any atom is 0.305 e. The van der Waals surface area contributed by atoms with Gasteiger partial charge in [0.25, 0.3) is 0 Å². The van der Waals surface area contributed by atoms with E-state index in [9.17, 15) is 14.4 Å². The molecule has 0 fully saturated rings. The van der Waals surface area contributed by atoms with Gasteiger partial charge in [0.05, 0.1) is 18.3 Å². The van der Waals surface area contributed by atoms with Crippen molar-refractivity contribution < 1.29 is 19.1 Å². The number of hydrogen-bond acceptors (Lipinski definition) is 6. The Morgan fingerprint density at radius 3 is 2.37 bits per heavy atom. The molecule has 2 aromatic carbocycles. The van der Waals surface area contributed by atoms with Crippen LogP contribution in [-0.2, 0) is 19.1 Å². The van der Waals surface area contributed by atoms with Gasteiger partial charge in [0, 0.05) is 29.5 Å². The lowest BCUT2D eigenvalue weighted by Crippen LogP contribution is -2.59. The molecule has 0 aliphatic rings. The van der Waals surface area contributed by atoms with E-state index in [0.29, 0.717) is 11.2 Å². The second kappa shape index (κ2) is 14.1. The number of methoxy groups -OCH3 is 1. The van der Waals surface area contributed by atoms with Crippen molar-refractivity contribution in [3.63, 3.8) is 0 Å². The predicted octanol–water partition coefficient (Wildman–Crippen LogP) is 5.95. The maximum absolute atomic E-state index is 14.1. The van der Waals surface area contributed by atoms with Crippen LogP contribution in [0, 0.1) is 5.41 Å². The number of hydrogen-bond donors (Lipinski definition) is 2. The van der Waals surface area contributed by atoms with Crippen molar-refractivity contribution in [1.82, 2.24) is 15.6 Å². The van der Waals surface area contributed by atoms with Crippen LogP contribution in [-0.4, -0.2) is 44.9 Å². The summed E-state index contributed by atoms with van der Waals surface area (Å²) in [5, 5.41) is 6.04. The lowest BCUT2D eigenvalue weighted by Gasteiger charge is -2.35. The first-order valence-corrected chi connectivity index (χ1v) is 14.0. The SMILES string of the molecule is COC(=O)CCC(C)(C)C(=O)N(C(=S)NC(NC(=O)/C=C/c1ccccc1)C(Cl)(Cl)Cl)c1cccc2cccnc12. The third kappa shape index (κ3) is 8.87. The second-order valence-corrected chi connectivity index (χ2v) is 12.4. The first kappa shape index (κ1) is 32.3. The van der Waals surface area contributed by atoms with E-state index in [1.54, 1.807) is 44.3 Å². The Hall–Kier alpha value is -3.24. The van der Waals surface area contributed by atoms with Gasteiger partial charge in [-0.25, -0.2) is 0 Å². The van der Waals surface area contributed by atoms with Crippen molar-refractivity contribution in [3.05, 3.63) is 78.5 Å². The van der Waals surface area contributed by atoms with E-state index in [4.69, 9.17) is 51.8 Å². The van der Waals surface area contributed by atoms with Crippen molar-refractivity contribution >= 4 is 92.6 Å². The van der Waals surface area contributed by atoms with Gasteiger partial charge in [0.15, 0.2) is 5.11 Å². The predicted molar refractivity (Wildman–Crippen MR) is 168 cm³/mol. The third-order valence-electron chi connectivity index (χ3n) is 6.13. The molecule has 2 amide bonds. The Kier molecular flexibility index (Phi) is 11.1. The zero-order chi connectivity index (χ0) is 30.2. The van der Waals surface area contributed by atoms with Crippen LogP contribution < -0.4 is 15.5 Å². The summed E-state index contributed by atoms with van der Waals surface area (Å²) in [6.07, 6.45) is 3.34. The molecule has 3 aromatic rings. The number of aromatic nitrogens is 1. The van der Waals surface area contributed by atoms with Gasteiger partial charge in [-0.2, -0.15) is 0 Å². The molecule has 41 heavy (non-hydrogen) atoms. The molecule has 0 saturated heterocycles. The lowest BCUT2D eigenvalue weighted by atomic mass is 9.86. The van der Waals surface area contributed by atoms with Gasteiger partial charge in [-0.1, -0.05) is 97.2 Å². The van der Waals surface area contributed by atoms with Gasteiger partial charge < -0.3 is 15.4 Å². The number of halogens is 3.